The van der Waals surface area contributed by atoms with Gasteiger partial charge in [-0.3, -0.25) is 4.79 Å². The SMILES string of the molecule is CC(C)(S)C(NC(=O)C1CC1)C(=O)O. The molecule has 4 nitrogen and oxygen atoms in total. The molecule has 5 heteroatoms. The molecule has 1 fully saturated rings. The number of carboxylic acid groups (broad SMARTS) is 1. The van der Waals surface area contributed by atoms with Gasteiger partial charge in [0.2, 0.25) is 5.91 Å². The molecule has 1 saturated carbocycles. The van der Waals surface area contributed by atoms with Gasteiger partial charge in [0.25, 0.3) is 0 Å². The highest BCUT2D eigenvalue weighted by Gasteiger charge is 2.37. The first-order chi connectivity index (χ1) is 6.32. The molecule has 0 spiro atoms. The predicted molar refractivity (Wildman–Crippen MR) is 55.4 cm³/mol. The van der Waals surface area contributed by atoms with Crippen LogP contribution in [0.3, 0.4) is 0 Å². The number of hydrogen-bond acceptors (Lipinski definition) is 3. The van der Waals surface area contributed by atoms with Gasteiger partial charge in [0.1, 0.15) is 6.04 Å². The molecule has 1 unspecified atom stereocenters. The fourth-order valence-electron chi connectivity index (χ4n) is 1.15. The zero-order chi connectivity index (χ0) is 10.9. The first-order valence-electron chi connectivity index (χ1n) is 4.58. The minimum absolute atomic E-state index is 0.0209. The first-order valence-corrected chi connectivity index (χ1v) is 5.02. The molecule has 0 heterocycles. The summed E-state index contributed by atoms with van der Waals surface area (Å²) in [6.07, 6.45) is 1.73. The molecular weight excluding hydrogens is 202 g/mol. The topological polar surface area (TPSA) is 66.4 Å². The standard InChI is InChI=1S/C9H15NO3S/c1-9(2,14)6(8(12)13)10-7(11)5-3-4-5/h5-6,14H,3-4H2,1-2H3,(H,10,11)(H,12,13). The van der Waals surface area contributed by atoms with Crippen molar-refractivity contribution in [3.63, 3.8) is 0 Å². The van der Waals surface area contributed by atoms with Crippen LogP contribution in [0.15, 0.2) is 0 Å². The summed E-state index contributed by atoms with van der Waals surface area (Å²) in [5.74, 6) is -1.19. The van der Waals surface area contributed by atoms with Crippen molar-refractivity contribution >= 4 is 24.5 Å². The van der Waals surface area contributed by atoms with Crippen LogP contribution in [0.2, 0.25) is 0 Å². The molecule has 1 aliphatic carbocycles. The molecular formula is C9H15NO3S. The minimum Gasteiger partial charge on any atom is -0.480 e. The Hall–Kier alpha value is -0.710. The van der Waals surface area contributed by atoms with Crippen molar-refractivity contribution in [1.82, 2.24) is 5.32 Å². The van der Waals surface area contributed by atoms with Gasteiger partial charge in [0.15, 0.2) is 0 Å². The lowest BCUT2D eigenvalue weighted by Gasteiger charge is -2.26. The van der Waals surface area contributed by atoms with E-state index < -0.39 is 16.8 Å². The summed E-state index contributed by atoms with van der Waals surface area (Å²) in [6.45, 7) is 3.34. The molecule has 1 amide bonds. The Kier molecular flexibility index (Phi) is 3.09. The van der Waals surface area contributed by atoms with Crippen LogP contribution in [-0.4, -0.2) is 27.8 Å². The van der Waals surface area contributed by atoms with Crippen LogP contribution in [0.4, 0.5) is 0 Å². The number of rotatable bonds is 4. The first kappa shape index (κ1) is 11.4. The average Bonchev–Trinajstić information content (AvgIpc) is 2.78. The number of aliphatic carboxylic acids is 1. The quantitative estimate of drug-likeness (QED) is 0.606. The van der Waals surface area contributed by atoms with Crippen molar-refractivity contribution in [3.8, 4) is 0 Å². The maximum Gasteiger partial charge on any atom is 0.327 e. The molecule has 0 aromatic carbocycles. The highest BCUT2D eigenvalue weighted by molar-refractivity contribution is 7.81. The number of carbonyl (C=O) groups excluding carboxylic acids is 1. The highest BCUT2D eigenvalue weighted by Crippen LogP contribution is 2.29. The lowest BCUT2D eigenvalue weighted by molar-refractivity contribution is -0.142. The summed E-state index contributed by atoms with van der Waals surface area (Å²) in [7, 11) is 0. The van der Waals surface area contributed by atoms with E-state index in [4.69, 9.17) is 5.11 Å². The van der Waals surface area contributed by atoms with Crippen molar-refractivity contribution in [3.05, 3.63) is 0 Å². The van der Waals surface area contributed by atoms with Crippen molar-refractivity contribution < 1.29 is 14.7 Å². The van der Waals surface area contributed by atoms with Gasteiger partial charge >= 0.3 is 5.97 Å². The normalized spacial score (nSPS) is 18.8. The van der Waals surface area contributed by atoms with E-state index in [-0.39, 0.29) is 11.8 Å². The van der Waals surface area contributed by atoms with Gasteiger partial charge in [-0.1, -0.05) is 0 Å². The molecule has 0 aromatic rings. The fraction of sp³-hybridized carbons (Fsp3) is 0.778. The number of nitrogens with one attached hydrogen (secondary N) is 1. The Morgan fingerprint density at radius 3 is 2.29 bits per heavy atom. The number of carboxylic acids is 1. The van der Waals surface area contributed by atoms with E-state index in [2.05, 4.69) is 17.9 Å². The van der Waals surface area contributed by atoms with Crippen molar-refractivity contribution in [2.45, 2.75) is 37.5 Å². The molecule has 0 aliphatic heterocycles. The smallest absolute Gasteiger partial charge is 0.327 e. The van der Waals surface area contributed by atoms with Crippen molar-refractivity contribution in [1.29, 1.82) is 0 Å². The van der Waals surface area contributed by atoms with Gasteiger partial charge in [0.05, 0.1) is 0 Å². The van der Waals surface area contributed by atoms with Crippen LogP contribution < -0.4 is 5.32 Å². The zero-order valence-electron chi connectivity index (χ0n) is 8.28. The molecule has 1 aliphatic rings. The fourth-order valence-corrected chi connectivity index (χ4v) is 1.32. The highest BCUT2D eigenvalue weighted by atomic mass is 32.1. The Morgan fingerprint density at radius 2 is 2.00 bits per heavy atom. The lowest BCUT2D eigenvalue weighted by Crippen LogP contribution is -2.51. The monoisotopic (exact) mass is 217 g/mol. The maximum absolute atomic E-state index is 11.4. The van der Waals surface area contributed by atoms with E-state index in [0.717, 1.165) is 12.8 Å². The van der Waals surface area contributed by atoms with Crippen LogP contribution in [-0.2, 0) is 9.59 Å². The molecule has 1 atom stereocenters. The third-order valence-electron chi connectivity index (χ3n) is 2.19. The van der Waals surface area contributed by atoms with Crippen LogP contribution in [0.5, 0.6) is 0 Å². The summed E-state index contributed by atoms with van der Waals surface area (Å²) < 4.78 is -0.754. The Balaban J connectivity index is 2.59. The molecule has 14 heavy (non-hydrogen) atoms. The summed E-state index contributed by atoms with van der Waals surface area (Å²) in [5.41, 5.74) is 0. The van der Waals surface area contributed by atoms with Crippen LogP contribution in [0.1, 0.15) is 26.7 Å². The number of thiol groups is 1. The molecule has 0 radical (unpaired) electrons. The van der Waals surface area contributed by atoms with Crippen LogP contribution >= 0.6 is 12.6 Å². The molecule has 0 saturated heterocycles. The molecule has 1 rings (SSSR count). The summed E-state index contributed by atoms with van der Waals surface area (Å²) in [6, 6.07) is -0.932. The lowest BCUT2D eigenvalue weighted by atomic mass is 10.0. The van der Waals surface area contributed by atoms with Crippen LogP contribution in [0, 0.1) is 5.92 Å². The van der Waals surface area contributed by atoms with E-state index in [1.165, 1.54) is 0 Å². The van der Waals surface area contributed by atoms with Gasteiger partial charge in [-0.25, -0.2) is 4.79 Å². The molecule has 80 valence electrons. The van der Waals surface area contributed by atoms with Gasteiger partial charge in [-0.15, -0.1) is 0 Å². The Labute approximate surface area is 88.5 Å². The van der Waals surface area contributed by atoms with E-state index in [1.807, 2.05) is 0 Å². The van der Waals surface area contributed by atoms with Crippen molar-refractivity contribution in [2.75, 3.05) is 0 Å². The minimum atomic E-state index is -1.04. The molecule has 0 bridgehead atoms. The third-order valence-corrected chi connectivity index (χ3v) is 2.45. The second-order valence-corrected chi connectivity index (χ2v) is 5.36. The summed E-state index contributed by atoms with van der Waals surface area (Å²) in [5, 5.41) is 11.4. The second-order valence-electron chi connectivity index (χ2n) is 4.21. The van der Waals surface area contributed by atoms with E-state index in [9.17, 15) is 9.59 Å². The summed E-state index contributed by atoms with van der Waals surface area (Å²) >= 11 is 4.16. The van der Waals surface area contributed by atoms with E-state index >= 15 is 0 Å². The Bertz CT molecular complexity index is 255. The van der Waals surface area contributed by atoms with E-state index in [1.54, 1.807) is 13.8 Å². The third kappa shape index (κ3) is 2.90. The van der Waals surface area contributed by atoms with Gasteiger partial charge in [0, 0.05) is 10.7 Å². The van der Waals surface area contributed by atoms with Gasteiger partial charge in [-0.2, -0.15) is 12.6 Å². The molecule has 0 aromatic heterocycles. The number of carbonyl (C=O) groups is 2. The van der Waals surface area contributed by atoms with E-state index in [0.29, 0.717) is 0 Å². The van der Waals surface area contributed by atoms with Gasteiger partial charge in [-0.05, 0) is 26.7 Å². The van der Waals surface area contributed by atoms with Crippen LogP contribution in [0.25, 0.3) is 0 Å². The average molecular weight is 217 g/mol. The largest absolute Gasteiger partial charge is 0.480 e. The zero-order valence-corrected chi connectivity index (χ0v) is 9.17. The predicted octanol–water partition coefficient (Wildman–Crippen LogP) is 0.674. The number of hydrogen-bond donors (Lipinski definition) is 3. The van der Waals surface area contributed by atoms with Gasteiger partial charge < -0.3 is 10.4 Å². The summed E-state index contributed by atoms with van der Waals surface area (Å²) in [4.78, 5) is 22.2. The Morgan fingerprint density at radius 1 is 1.50 bits per heavy atom. The maximum atomic E-state index is 11.4. The number of amides is 1. The van der Waals surface area contributed by atoms with Crippen molar-refractivity contribution in [2.24, 2.45) is 5.92 Å². The molecule has 2 N–H and O–H groups in total. The second kappa shape index (κ2) is 3.81.